The summed E-state index contributed by atoms with van der Waals surface area (Å²) in [6, 6.07) is 15.1. The van der Waals surface area contributed by atoms with Crippen molar-refractivity contribution in [2.75, 3.05) is 24.5 Å². The number of ether oxygens (including phenoxy) is 4. The Hall–Kier alpha value is -4.25. The summed E-state index contributed by atoms with van der Waals surface area (Å²) in [6.07, 6.45) is 1.54. The number of amides is 2. The highest BCUT2D eigenvalue weighted by atomic mass is 32.2. The van der Waals surface area contributed by atoms with Crippen LogP contribution < -0.4 is 25.3 Å². The predicted octanol–water partition coefficient (Wildman–Crippen LogP) is 2.76. The van der Waals surface area contributed by atoms with Gasteiger partial charge in [-0.15, -0.1) is 0 Å². The molecular weight excluding hydrogens is 474 g/mol. The smallest absolute Gasteiger partial charge is 0.341 e. The second-order valence-electron chi connectivity index (χ2n) is 7.24. The molecule has 3 aromatic rings. The van der Waals surface area contributed by atoms with Crippen LogP contribution in [0, 0.1) is 0 Å². The molecule has 2 heterocycles. The van der Waals surface area contributed by atoms with Crippen LogP contribution in [0.1, 0.15) is 15.9 Å². The highest BCUT2D eigenvalue weighted by Gasteiger charge is 2.17. The quantitative estimate of drug-likeness (QED) is 0.321. The molecule has 10 nitrogen and oxygen atoms in total. The molecule has 0 aliphatic carbocycles. The molecule has 1 aromatic heterocycles. The highest BCUT2D eigenvalue weighted by molar-refractivity contribution is 8.00. The molecule has 0 spiro atoms. The van der Waals surface area contributed by atoms with Gasteiger partial charge < -0.3 is 30.0 Å². The van der Waals surface area contributed by atoms with Gasteiger partial charge >= 0.3 is 5.97 Å². The number of anilines is 1. The van der Waals surface area contributed by atoms with E-state index < -0.39 is 11.9 Å². The number of primary amides is 1. The summed E-state index contributed by atoms with van der Waals surface area (Å²) >= 11 is 1.12. The maximum absolute atomic E-state index is 12.7. The van der Waals surface area contributed by atoms with Crippen LogP contribution in [-0.4, -0.2) is 41.9 Å². The summed E-state index contributed by atoms with van der Waals surface area (Å²) in [6.45, 7) is -0.117. The Kier molecular flexibility index (Phi) is 7.68. The summed E-state index contributed by atoms with van der Waals surface area (Å²) in [5, 5.41) is 3.15. The first-order chi connectivity index (χ1) is 17.0. The van der Waals surface area contributed by atoms with E-state index in [4.69, 9.17) is 24.7 Å². The Labute approximate surface area is 204 Å². The van der Waals surface area contributed by atoms with Crippen LogP contribution in [0.15, 0.2) is 65.8 Å². The fraction of sp³-hybridized carbons (Fsp3) is 0.167. The third kappa shape index (κ3) is 6.64. The fourth-order valence-corrected chi connectivity index (χ4v) is 3.85. The highest BCUT2D eigenvalue weighted by Crippen LogP contribution is 2.34. The molecular formula is C24H21N3O7S. The van der Waals surface area contributed by atoms with Gasteiger partial charge in [-0.25, -0.2) is 9.78 Å². The van der Waals surface area contributed by atoms with Gasteiger partial charge in [-0.3, -0.25) is 9.59 Å². The minimum atomic E-state index is -0.590. The molecule has 1 aliphatic rings. The van der Waals surface area contributed by atoms with Crippen LogP contribution in [0.4, 0.5) is 5.69 Å². The minimum absolute atomic E-state index is 0.0177. The number of fused-ring (bicyclic) bond motifs is 1. The van der Waals surface area contributed by atoms with Gasteiger partial charge in [0, 0.05) is 18.0 Å². The minimum Gasteiger partial charge on any atom is -0.484 e. The van der Waals surface area contributed by atoms with E-state index in [-0.39, 0.29) is 37.2 Å². The summed E-state index contributed by atoms with van der Waals surface area (Å²) < 4.78 is 21.2. The van der Waals surface area contributed by atoms with Crippen LogP contribution in [0.3, 0.4) is 0 Å². The van der Waals surface area contributed by atoms with Crippen LogP contribution in [0.5, 0.6) is 17.2 Å². The van der Waals surface area contributed by atoms with Gasteiger partial charge in [-0.2, -0.15) is 0 Å². The molecule has 2 amide bonds. The molecule has 2 aromatic carbocycles. The normalized spacial score (nSPS) is 11.5. The lowest BCUT2D eigenvalue weighted by molar-refractivity contribution is -0.120. The van der Waals surface area contributed by atoms with Gasteiger partial charge in [0.25, 0.3) is 5.91 Å². The van der Waals surface area contributed by atoms with Crippen molar-refractivity contribution < 1.29 is 33.3 Å². The van der Waals surface area contributed by atoms with Crippen molar-refractivity contribution in [1.29, 1.82) is 0 Å². The number of esters is 1. The van der Waals surface area contributed by atoms with E-state index in [1.807, 2.05) is 0 Å². The number of hydrogen-bond acceptors (Lipinski definition) is 9. The molecule has 0 saturated carbocycles. The van der Waals surface area contributed by atoms with Crippen molar-refractivity contribution in [3.05, 3.63) is 71.9 Å². The molecule has 180 valence electrons. The zero-order valence-corrected chi connectivity index (χ0v) is 19.2. The van der Waals surface area contributed by atoms with E-state index in [2.05, 4.69) is 10.3 Å². The van der Waals surface area contributed by atoms with E-state index in [1.54, 1.807) is 54.6 Å². The van der Waals surface area contributed by atoms with Gasteiger partial charge in [0.1, 0.15) is 17.4 Å². The summed E-state index contributed by atoms with van der Waals surface area (Å²) in [5.41, 5.74) is 6.57. The van der Waals surface area contributed by atoms with Crippen molar-refractivity contribution in [2.24, 2.45) is 5.73 Å². The molecule has 0 bridgehead atoms. The third-order valence-corrected chi connectivity index (χ3v) is 5.64. The van der Waals surface area contributed by atoms with Crippen molar-refractivity contribution in [3.8, 4) is 17.2 Å². The molecule has 1 aliphatic heterocycles. The predicted molar refractivity (Wildman–Crippen MR) is 126 cm³/mol. The van der Waals surface area contributed by atoms with Gasteiger partial charge in [-0.1, -0.05) is 23.9 Å². The van der Waals surface area contributed by atoms with E-state index in [0.29, 0.717) is 33.5 Å². The molecule has 0 radical (unpaired) electrons. The molecule has 0 atom stereocenters. The number of aromatic nitrogens is 1. The van der Waals surface area contributed by atoms with E-state index in [0.717, 1.165) is 11.8 Å². The summed E-state index contributed by atoms with van der Waals surface area (Å²) in [4.78, 5) is 40.2. The zero-order chi connectivity index (χ0) is 24.6. The van der Waals surface area contributed by atoms with Crippen LogP contribution in [-0.2, 0) is 20.9 Å². The number of benzene rings is 2. The van der Waals surface area contributed by atoms with E-state index >= 15 is 0 Å². The van der Waals surface area contributed by atoms with Gasteiger partial charge in [-0.05, 0) is 42.0 Å². The van der Waals surface area contributed by atoms with Crippen LogP contribution in [0.25, 0.3) is 0 Å². The number of pyridine rings is 1. The van der Waals surface area contributed by atoms with Crippen LogP contribution >= 0.6 is 11.8 Å². The third-order valence-electron chi connectivity index (χ3n) is 4.64. The first-order valence-electron chi connectivity index (χ1n) is 10.4. The van der Waals surface area contributed by atoms with Crippen LogP contribution in [0.2, 0.25) is 0 Å². The molecule has 0 saturated heterocycles. The Morgan fingerprint density at radius 1 is 1.06 bits per heavy atom. The molecule has 4 rings (SSSR count). The second kappa shape index (κ2) is 11.3. The number of carbonyl (C=O) groups excluding carboxylic acids is 3. The van der Waals surface area contributed by atoms with Gasteiger partial charge in [0.15, 0.2) is 18.1 Å². The lowest BCUT2D eigenvalue weighted by atomic mass is 10.2. The number of nitrogens with zero attached hydrogens (tertiary/aromatic N) is 1. The zero-order valence-electron chi connectivity index (χ0n) is 18.4. The van der Waals surface area contributed by atoms with E-state index in [1.165, 1.54) is 6.20 Å². The maximum Gasteiger partial charge on any atom is 0.341 e. The first-order valence-corrected chi connectivity index (χ1v) is 11.4. The average Bonchev–Trinajstić information content (AvgIpc) is 3.33. The Morgan fingerprint density at radius 3 is 2.77 bits per heavy atom. The monoisotopic (exact) mass is 495 g/mol. The summed E-state index contributed by atoms with van der Waals surface area (Å²) in [5.74, 6) is 0.211. The number of carbonyl (C=O) groups is 3. The van der Waals surface area contributed by atoms with Crippen molar-refractivity contribution >= 4 is 35.2 Å². The lowest BCUT2D eigenvalue weighted by Crippen LogP contribution is -2.20. The number of nitrogens with two attached hydrogens (primary N) is 1. The Balaban J connectivity index is 1.32. The number of nitrogens with one attached hydrogen (secondary N) is 1. The van der Waals surface area contributed by atoms with E-state index in [9.17, 15) is 14.4 Å². The fourth-order valence-electron chi connectivity index (χ4n) is 3.07. The van der Waals surface area contributed by atoms with Crippen molar-refractivity contribution in [1.82, 2.24) is 4.98 Å². The van der Waals surface area contributed by atoms with Gasteiger partial charge in [0.05, 0.1) is 11.3 Å². The average molecular weight is 496 g/mol. The topological polar surface area (TPSA) is 139 Å². The lowest BCUT2D eigenvalue weighted by Gasteiger charge is -2.10. The number of rotatable bonds is 10. The Bertz CT molecular complexity index is 1250. The molecule has 0 unspecified atom stereocenters. The Morgan fingerprint density at radius 2 is 1.91 bits per heavy atom. The van der Waals surface area contributed by atoms with Crippen molar-refractivity contribution in [2.45, 2.75) is 11.6 Å². The maximum atomic E-state index is 12.7. The first kappa shape index (κ1) is 23.9. The molecule has 3 N–H and O–H groups in total. The standard InChI is InChI=1S/C24H21N3O7S/c25-21(28)12-31-17-4-1-3-15(9-17)11-32-24(30)18-5-2-8-26-23(18)35-13-22(29)27-16-6-7-19-20(10-16)34-14-33-19/h1-10H,11-14H2,(H2,25,28)(H,27,29). The number of thioether (sulfide) groups is 1. The molecule has 0 fully saturated rings. The summed E-state index contributed by atoms with van der Waals surface area (Å²) in [7, 11) is 0. The van der Waals surface area contributed by atoms with Gasteiger partial charge in [0.2, 0.25) is 12.7 Å². The second-order valence-corrected chi connectivity index (χ2v) is 8.20. The number of hydrogen-bond donors (Lipinski definition) is 2. The SMILES string of the molecule is NC(=O)COc1cccc(COC(=O)c2cccnc2SCC(=O)Nc2ccc3c(c2)OCO3)c1. The molecule has 35 heavy (non-hydrogen) atoms. The van der Waals surface area contributed by atoms with Crippen molar-refractivity contribution in [3.63, 3.8) is 0 Å². The molecule has 11 heteroatoms. The largest absolute Gasteiger partial charge is 0.484 e.